The zero-order valence-electron chi connectivity index (χ0n) is 20.3. The van der Waals surface area contributed by atoms with Crippen molar-refractivity contribution in [1.82, 2.24) is 20.0 Å². The maximum Gasteiger partial charge on any atom is 0.146 e. The summed E-state index contributed by atoms with van der Waals surface area (Å²) in [6.07, 6.45) is 18.5. The van der Waals surface area contributed by atoms with E-state index in [0.717, 1.165) is 47.9 Å². The fourth-order valence-corrected chi connectivity index (χ4v) is 4.07. The summed E-state index contributed by atoms with van der Waals surface area (Å²) in [4.78, 5) is 8.27. The van der Waals surface area contributed by atoms with Gasteiger partial charge in [-0.25, -0.2) is 4.99 Å². The minimum atomic E-state index is 0.755. The van der Waals surface area contributed by atoms with E-state index >= 15 is 0 Å². The summed E-state index contributed by atoms with van der Waals surface area (Å²) in [5.41, 5.74) is 6.08. The highest BCUT2D eigenvalue weighted by atomic mass is 16.5. The summed E-state index contributed by atoms with van der Waals surface area (Å²) >= 11 is 0. The molecule has 6 heteroatoms. The maximum atomic E-state index is 5.59. The van der Waals surface area contributed by atoms with Crippen molar-refractivity contribution in [3.63, 3.8) is 0 Å². The van der Waals surface area contributed by atoms with E-state index in [-0.39, 0.29) is 0 Å². The molecule has 0 unspecified atom stereocenters. The Hall–Kier alpha value is -2.63. The molecule has 2 aromatic rings. The quantitative estimate of drug-likeness (QED) is 0.349. The van der Waals surface area contributed by atoms with E-state index in [2.05, 4.69) is 48.2 Å². The monoisotopic (exact) mass is 437 g/mol. The summed E-state index contributed by atoms with van der Waals surface area (Å²) in [6.45, 7) is 7.53. The number of nitrogens with zero attached hydrogens (tertiary/aromatic N) is 4. The second-order valence-electron chi connectivity index (χ2n) is 8.71. The van der Waals surface area contributed by atoms with E-state index in [1.807, 2.05) is 17.0 Å². The van der Waals surface area contributed by atoms with E-state index in [4.69, 9.17) is 9.73 Å². The van der Waals surface area contributed by atoms with Crippen LogP contribution in [0.2, 0.25) is 0 Å². The van der Waals surface area contributed by atoms with Crippen LogP contribution in [-0.2, 0) is 17.7 Å². The van der Waals surface area contributed by atoms with Crippen LogP contribution in [-0.4, -0.2) is 32.8 Å². The minimum Gasteiger partial charge on any atom is -0.494 e. The van der Waals surface area contributed by atoms with E-state index in [0.29, 0.717) is 0 Å². The van der Waals surface area contributed by atoms with Gasteiger partial charge in [-0.1, -0.05) is 64.0 Å². The van der Waals surface area contributed by atoms with Gasteiger partial charge in [0.05, 0.1) is 19.0 Å². The highest BCUT2D eigenvalue weighted by molar-refractivity contribution is 6.10. The first kappa shape index (κ1) is 24.0. The minimum absolute atomic E-state index is 0.755. The normalized spacial score (nSPS) is 14.8. The molecule has 3 heterocycles. The highest BCUT2D eigenvalue weighted by Gasteiger charge is 2.19. The molecule has 3 rings (SSSR count). The third-order valence-electron chi connectivity index (χ3n) is 6.01. The van der Waals surface area contributed by atoms with Gasteiger partial charge in [0, 0.05) is 24.0 Å². The van der Waals surface area contributed by atoms with Crippen molar-refractivity contribution in [1.29, 1.82) is 0 Å². The lowest BCUT2D eigenvalue weighted by Gasteiger charge is -2.00. The van der Waals surface area contributed by atoms with Crippen LogP contribution in [0.4, 0.5) is 0 Å². The first-order valence-corrected chi connectivity index (χ1v) is 12.3. The molecule has 0 radical (unpaired) electrons. The van der Waals surface area contributed by atoms with Gasteiger partial charge in [-0.2, -0.15) is 0 Å². The lowest BCUT2D eigenvalue weighted by atomic mass is 10.1. The molecule has 2 aromatic heterocycles. The van der Waals surface area contributed by atoms with Crippen LogP contribution in [0.1, 0.15) is 94.3 Å². The molecular formula is C26H39N5O. The molecule has 0 fully saturated rings. The van der Waals surface area contributed by atoms with Gasteiger partial charge in [-0.05, 0) is 43.9 Å². The summed E-state index contributed by atoms with van der Waals surface area (Å²) in [6, 6.07) is 2.23. The molecule has 1 aliphatic heterocycles. The van der Waals surface area contributed by atoms with E-state index < -0.39 is 0 Å². The molecule has 6 nitrogen and oxygen atoms in total. The SMILES string of the molecule is CCCCCCCCn1cc(C2=N/C(=C\c3cc(CCCCC)c(C)[nH]3)C(OC)=C2)nn1. The van der Waals surface area contributed by atoms with Crippen LogP contribution in [0.3, 0.4) is 0 Å². The van der Waals surface area contributed by atoms with Crippen LogP contribution >= 0.6 is 0 Å². The zero-order chi connectivity index (χ0) is 22.8. The van der Waals surface area contributed by atoms with Gasteiger partial charge in [0.2, 0.25) is 0 Å². The number of aliphatic imine (C=N–C) groups is 1. The first-order valence-electron chi connectivity index (χ1n) is 12.3. The summed E-state index contributed by atoms with van der Waals surface area (Å²) in [5, 5.41) is 8.64. The fraction of sp³-hybridized carbons (Fsp3) is 0.577. The predicted octanol–water partition coefficient (Wildman–Crippen LogP) is 6.38. The van der Waals surface area contributed by atoms with Crippen LogP contribution in [0.5, 0.6) is 0 Å². The van der Waals surface area contributed by atoms with Gasteiger partial charge >= 0.3 is 0 Å². The van der Waals surface area contributed by atoms with Crippen LogP contribution < -0.4 is 0 Å². The number of allylic oxidation sites excluding steroid dienone is 1. The number of nitrogens with one attached hydrogen (secondary N) is 1. The average molecular weight is 438 g/mol. The summed E-state index contributed by atoms with van der Waals surface area (Å²) in [5.74, 6) is 0.755. The van der Waals surface area contributed by atoms with Crippen molar-refractivity contribution in [2.75, 3.05) is 7.11 Å². The van der Waals surface area contributed by atoms with Gasteiger partial charge in [0.1, 0.15) is 17.2 Å². The van der Waals surface area contributed by atoms with Gasteiger partial charge in [0.15, 0.2) is 0 Å². The second kappa shape index (κ2) is 12.4. The second-order valence-corrected chi connectivity index (χ2v) is 8.71. The number of hydrogen-bond donors (Lipinski definition) is 1. The lowest BCUT2D eigenvalue weighted by molar-refractivity contribution is 0.303. The molecule has 0 bridgehead atoms. The molecule has 0 amide bonds. The molecule has 0 aliphatic carbocycles. The third kappa shape index (κ3) is 6.68. The van der Waals surface area contributed by atoms with Gasteiger partial charge in [-0.3, -0.25) is 4.68 Å². The Kier molecular flexibility index (Phi) is 9.32. The average Bonchev–Trinajstić information content (AvgIpc) is 3.50. The Labute approximate surface area is 192 Å². The number of ether oxygens (including phenoxy) is 1. The standard InChI is InChI=1S/C26H39N5O/c1-5-7-9-10-11-13-15-31-19-25(29-30-31)23-18-26(32-4)24(28-23)17-22-16-21(20(3)27-22)14-12-8-6-2/h16-19,27H,5-15H2,1-4H3/b24-17-. The molecule has 0 saturated heterocycles. The molecule has 1 aliphatic rings. The Bertz CT molecular complexity index is 947. The van der Waals surface area contributed by atoms with E-state index in [9.17, 15) is 0 Å². The van der Waals surface area contributed by atoms with Crippen molar-refractivity contribution in [2.45, 2.75) is 91.5 Å². The van der Waals surface area contributed by atoms with Gasteiger partial charge in [0.25, 0.3) is 0 Å². The largest absolute Gasteiger partial charge is 0.494 e. The molecule has 174 valence electrons. The van der Waals surface area contributed by atoms with Crippen molar-refractivity contribution in [3.8, 4) is 0 Å². The zero-order valence-corrected chi connectivity index (χ0v) is 20.3. The molecule has 0 aromatic carbocycles. The number of unbranched alkanes of at least 4 members (excludes halogenated alkanes) is 7. The van der Waals surface area contributed by atoms with Crippen molar-refractivity contribution in [2.24, 2.45) is 4.99 Å². The molecule has 0 spiro atoms. The van der Waals surface area contributed by atoms with Crippen LogP contribution in [0.25, 0.3) is 6.08 Å². The van der Waals surface area contributed by atoms with Crippen LogP contribution in [0, 0.1) is 6.92 Å². The molecule has 1 N–H and O–H groups in total. The molecule has 0 saturated carbocycles. The number of methoxy groups -OCH3 is 1. The van der Waals surface area contributed by atoms with Gasteiger partial charge < -0.3 is 9.72 Å². The summed E-state index contributed by atoms with van der Waals surface area (Å²) in [7, 11) is 1.68. The van der Waals surface area contributed by atoms with E-state index in [1.54, 1.807) is 7.11 Å². The molecular weight excluding hydrogens is 398 g/mol. The van der Waals surface area contributed by atoms with E-state index in [1.165, 1.54) is 62.6 Å². The van der Waals surface area contributed by atoms with Crippen molar-refractivity contribution < 1.29 is 4.74 Å². The number of aromatic amines is 1. The fourth-order valence-electron chi connectivity index (χ4n) is 4.07. The smallest absolute Gasteiger partial charge is 0.146 e. The van der Waals surface area contributed by atoms with Gasteiger partial charge in [-0.15, -0.1) is 5.10 Å². The highest BCUT2D eigenvalue weighted by Crippen LogP contribution is 2.25. The maximum absolute atomic E-state index is 5.59. The molecule has 0 atom stereocenters. The Morgan fingerprint density at radius 3 is 2.56 bits per heavy atom. The molecule has 32 heavy (non-hydrogen) atoms. The Morgan fingerprint density at radius 2 is 1.78 bits per heavy atom. The third-order valence-corrected chi connectivity index (χ3v) is 6.01. The summed E-state index contributed by atoms with van der Waals surface area (Å²) < 4.78 is 7.52. The topological polar surface area (TPSA) is 68.1 Å². The lowest BCUT2D eigenvalue weighted by Crippen LogP contribution is -1.98. The Balaban J connectivity index is 1.64. The predicted molar refractivity (Wildman–Crippen MR) is 132 cm³/mol. The van der Waals surface area contributed by atoms with Crippen molar-refractivity contribution >= 4 is 11.8 Å². The number of aryl methyl sites for hydroxylation is 3. The van der Waals surface area contributed by atoms with Crippen LogP contribution in [0.15, 0.2) is 34.8 Å². The number of H-pyrrole nitrogens is 1. The number of aromatic nitrogens is 4. The number of hydrogen-bond acceptors (Lipinski definition) is 4. The number of rotatable bonds is 14. The first-order chi connectivity index (χ1) is 15.6. The van der Waals surface area contributed by atoms with Crippen molar-refractivity contribution in [3.05, 3.63) is 52.4 Å². The Morgan fingerprint density at radius 1 is 1.03 bits per heavy atom.